The van der Waals surface area contributed by atoms with Crippen LogP contribution >= 0.6 is 0 Å². The van der Waals surface area contributed by atoms with Gasteiger partial charge in [0.2, 0.25) is 6.79 Å². The highest BCUT2D eigenvalue weighted by Gasteiger charge is 2.21. The quantitative estimate of drug-likeness (QED) is 0.775. The first-order valence-corrected chi connectivity index (χ1v) is 9.60. The zero-order chi connectivity index (χ0) is 18.2. The second-order valence-electron chi connectivity index (χ2n) is 7.22. The van der Waals surface area contributed by atoms with E-state index in [1.54, 1.807) is 0 Å². The van der Waals surface area contributed by atoms with Crippen molar-refractivity contribution < 1.29 is 9.47 Å². The number of rotatable bonds is 3. The van der Waals surface area contributed by atoms with Gasteiger partial charge in [0.05, 0.1) is 11.4 Å². The van der Waals surface area contributed by atoms with Gasteiger partial charge in [0.25, 0.3) is 0 Å². The fourth-order valence-electron chi connectivity index (χ4n) is 4.02. The SMILES string of the molecule is Cc1cccc2nc(-c3ccc4c(c3)OCO4)c(CN3CCCNCC3)n12. The van der Waals surface area contributed by atoms with Crippen molar-refractivity contribution in [1.82, 2.24) is 19.6 Å². The van der Waals surface area contributed by atoms with Gasteiger partial charge in [0.1, 0.15) is 5.65 Å². The summed E-state index contributed by atoms with van der Waals surface area (Å²) in [5.74, 6) is 1.60. The number of ether oxygens (including phenoxy) is 2. The van der Waals surface area contributed by atoms with Crippen LogP contribution in [0, 0.1) is 6.92 Å². The van der Waals surface area contributed by atoms with E-state index in [1.165, 1.54) is 17.8 Å². The highest BCUT2D eigenvalue weighted by atomic mass is 16.7. The molecule has 0 unspecified atom stereocenters. The lowest BCUT2D eigenvalue weighted by Gasteiger charge is -2.20. The number of aromatic nitrogens is 2. The van der Waals surface area contributed by atoms with Gasteiger partial charge in [-0.1, -0.05) is 6.07 Å². The summed E-state index contributed by atoms with van der Waals surface area (Å²) in [5, 5.41) is 3.49. The van der Waals surface area contributed by atoms with Crippen LogP contribution in [0.1, 0.15) is 17.8 Å². The van der Waals surface area contributed by atoms with Crippen molar-refractivity contribution >= 4 is 5.65 Å². The van der Waals surface area contributed by atoms with Gasteiger partial charge in [-0.25, -0.2) is 4.98 Å². The lowest BCUT2D eigenvalue weighted by Crippen LogP contribution is -2.28. The van der Waals surface area contributed by atoms with Crippen LogP contribution in [0.2, 0.25) is 0 Å². The lowest BCUT2D eigenvalue weighted by atomic mass is 10.1. The van der Waals surface area contributed by atoms with Crippen LogP contribution in [0.5, 0.6) is 11.5 Å². The zero-order valence-electron chi connectivity index (χ0n) is 15.6. The normalized spacial score (nSPS) is 17.4. The van der Waals surface area contributed by atoms with E-state index in [2.05, 4.69) is 45.8 Å². The second-order valence-corrected chi connectivity index (χ2v) is 7.22. The number of nitrogens with zero attached hydrogens (tertiary/aromatic N) is 3. The summed E-state index contributed by atoms with van der Waals surface area (Å²) < 4.78 is 13.3. The minimum absolute atomic E-state index is 0.288. The van der Waals surface area contributed by atoms with Crippen molar-refractivity contribution in [2.75, 3.05) is 33.0 Å². The van der Waals surface area contributed by atoms with E-state index in [0.29, 0.717) is 0 Å². The van der Waals surface area contributed by atoms with E-state index in [4.69, 9.17) is 14.5 Å². The van der Waals surface area contributed by atoms with Gasteiger partial charge in [0, 0.05) is 30.9 Å². The van der Waals surface area contributed by atoms with E-state index in [1.807, 2.05) is 12.1 Å². The van der Waals surface area contributed by atoms with Crippen LogP contribution in [0.25, 0.3) is 16.9 Å². The van der Waals surface area contributed by atoms with Gasteiger partial charge in [-0.2, -0.15) is 0 Å². The molecule has 0 aliphatic carbocycles. The summed E-state index contributed by atoms with van der Waals surface area (Å²) in [6, 6.07) is 12.4. The molecule has 1 aromatic carbocycles. The van der Waals surface area contributed by atoms with E-state index in [-0.39, 0.29) is 6.79 Å². The molecule has 0 spiro atoms. The smallest absolute Gasteiger partial charge is 0.231 e. The number of imidazole rings is 1. The Morgan fingerprint density at radius 2 is 2.00 bits per heavy atom. The van der Waals surface area contributed by atoms with Crippen LogP contribution in [0.4, 0.5) is 0 Å². The Bertz CT molecular complexity index is 974. The van der Waals surface area contributed by atoms with E-state index in [0.717, 1.165) is 61.1 Å². The third-order valence-electron chi connectivity index (χ3n) is 5.39. The predicted molar refractivity (Wildman–Crippen MR) is 104 cm³/mol. The summed E-state index contributed by atoms with van der Waals surface area (Å²) in [4.78, 5) is 7.50. The first-order chi connectivity index (χ1) is 13.3. The Kier molecular flexibility index (Phi) is 4.22. The summed E-state index contributed by atoms with van der Waals surface area (Å²) in [6.07, 6.45) is 1.18. The van der Waals surface area contributed by atoms with E-state index < -0.39 is 0 Å². The van der Waals surface area contributed by atoms with E-state index in [9.17, 15) is 0 Å². The maximum absolute atomic E-state index is 5.59. The minimum atomic E-state index is 0.288. The predicted octanol–water partition coefficient (Wildman–Crippen LogP) is 2.83. The molecule has 2 aliphatic heterocycles. The lowest BCUT2D eigenvalue weighted by molar-refractivity contribution is 0.174. The molecule has 0 saturated carbocycles. The van der Waals surface area contributed by atoms with Crippen molar-refractivity contribution in [3.63, 3.8) is 0 Å². The number of hydrogen-bond donors (Lipinski definition) is 1. The first kappa shape index (κ1) is 16.6. The fourth-order valence-corrected chi connectivity index (χ4v) is 4.02. The van der Waals surface area contributed by atoms with Crippen LogP contribution < -0.4 is 14.8 Å². The van der Waals surface area contributed by atoms with Crippen molar-refractivity contribution in [3.8, 4) is 22.8 Å². The molecule has 140 valence electrons. The molecule has 6 heteroatoms. The Morgan fingerprint density at radius 3 is 2.96 bits per heavy atom. The molecule has 1 fully saturated rings. The van der Waals surface area contributed by atoms with Gasteiger partial charge >= 0.3 is 0 Å². The highest BCUT2D eigenvalue weighted by molar-refractivity contribution is 5.70. The first-order valence-electron chi connectivity index (χ1n) is 9.60. The molecule has 0 atom stereocenters. The zero-order valence-corrected chi connectivity index (χ0v) is 15.6. The number of pyridine rings is 1. The van der Waals surface area contributed by atoms with Crippen LogP contribution in [-0.4, -0.2) is 47.3 Å². The number of aryl methyl sites for hydroxylation is 1. The Morgan fingerprint density at radius 1 is 1.07 bits per heavy atom. The van der Waals surface area contributed by atoms with Gasteiger partial charge in [-0.15, -0.1) is 0 Å². The van der Waals surface area contributed by atoms with Crippen molar-refractivity contribution in [1.29, 1.82) is 0 Å². The maximum Gasteiger partial charge on any atom is 0.231 e. The molecule has 6 nitrogen and oxygen atoms in total. The molecule has 2 aliphatic rings. The number of nitrogens with one attached hydrogen (secondary N) is 1. The van der Waals surface area contributed by atoms with Crippen molar-refractivity contribution in [3.05, 3.63) is 47.8 Å². The largest absolute Gasteiger partial charge is 0.454 e. The molecule has 0 amide bonds. The van der Waals surface area contributed by atoms with Crippen molar-refractivity contribution in [2.24, 2.45) is 0 Å². The summed E-state index contributed by atoms with van der Waals surface area (Å²) in [6.45, 7) is 7.61. The molecule has 3 aromatic rings. The fraction of sp³-hybridized carbons (Fsp3) is 0.381. The van der Waals surface area contributed by atoms with Crippen LogP contribution in [0.3, 0.4) is 0 Å². The van der Waals surface area contributed by atoms with Gasteiger partial charge in [-0.05, 0) is 56.8 Å². The van der Waals surface area contributed by atoms with E-state index >= 15 is 0 Å². The summed E-state index contributed by atoms with van der Waals surface area (Å²) in [7, 11) is 0. The molecule has 0 bridgehead atoms. The minimum Gasteiger partial charge on any atom is -0.454 e. The van der Waals surface area contributed by atoms with Crippen molar-refractivity contribution in [2.45, 2.75) is 19.9 Å². The number of fused-ring (bicyclic) bond motifs is 2. The Labute approximate surface area is 158 Å². The average molecular weight is 364 g/mol. The summed E-state index contributed by atoms with van der Waals surface area (Å²) >= 11 is 0. The third kappa shape index (κ3) is 3.05. The molecule has 1 N–H and O–H groups in total. The Hall–Kier alpha value is -2.57. The van der Waals surface area contributed by atoms with Gasteiger partial charge in [0.15, 0.2) is 11.5 Å². The average Bonchev–Trinajstić information content (AvgIpc) is 3.20. The molecule has 4 heterocycles. The standard InChI is InChI=1S/C21H24N4O2/c1-15-4-2-5-20-23-21(16-6-7-18-19(12-16)27-14-26-18)17(25(15)20)13-24-10-3-8-22-9-11-24/h2,4-7,12,22H,3,8-11,13-14H2,1H3. The van der Waals surface area contributed by atoms with Gasteiger partial charge < -0.3 is 14.8 Å². The molecule has 0 radical (unpaired) electrons. The molecule has 5 rings (SSSR count). The molecular formula is C21H24N4O2. The summed E-state index contributed by atoms with van der Waals surface area (Å²) in [5.41, 5.74) is 5.54. The molecule has 2 aromatic heterocycles. The Balaban J connectivity index is 1.61. The number of hydrogen-bond acceptors (Lipinski definition) is 5. The third-order valence-corrected chi connectivity index (χ3v) is 5.39. The van der Waals surface area contributed by atoms with Crippen LogP contribution in [0.15, 0.2) is 36.4 Å². The second kappa shape index (κ2) is 6.87. The topological polar surface area (TPSA) is 51.0 Å². The monoisotopic (exact) mass is 364 g/mol. The molecule has 1 saturated heterocycles. The van der Waals surface area contributed by atoms with Crippen LogP contribution in [-0.2, 0) is 6.54 Å². The molecular weight excluding hydrogens is 340 g/mol. The molecule has 27 heavy (non-hydrogen) atoms. The highest BCUT2D eigenvalue weighted by Crippen LogP contribution is 2.37. The maximum atomic E-state index is 5.59. The number of benzene rings is 1. The van der Waals surface area contributed by atoms with Gasteiger partial charge in [-0.3, -0.25) is 9.30 Å².